The minimum atomic E-state index is -0.660. The van der Waals surface area contributed by atoms with Gasteiger partial charge in [0.2, 0.25) is 0 Å². The predicted molar refractivity (Wildman–Crippen MR) is 152 cm³/mol. The number of halogens is 1. The zero-order valence-corrected chi connectivity index (χ0v) is 21.9. The van der Waals surface area contributed by atoms with Crippen LogP contribution in [0.15, 0.2) is 91.0 Å². The summed E-state index contributed by atoms with van der Waals surface area (Å²) in [5.41, 5.74) is 5.12. The summed E-state index contributed by atoms with van der Waals surface area (Å²) in [6.07, 6.45) is 1.95. The number of unbranched alkanes of at least 4 members (excludes halogenated alkanes) is 1. The van der Waals surface area contributed by atoms with Crippen LogP contribution in [0.5, 0.6) is 5.75 Å². The van der Waals surface area contributed by atoms with Crippen LogP contribution >= 0.6 is 11.6 Å². The minimum absolute atomic E-state index is 0.377. The molecule has 5 rings (SSSR count). The molecule has 6 heteroatoms. The first-order chi connectivity index (χ1) is 18.6. The smallest absolute Gasteiger partial charge is 0.136 e. The summed E-state index contributed by atoms with van der Waals surface area (Å²) in [6.45, 7) is 2.47. The third-order valence-electron chi connectivity index (χ3n) is 6.17. The molecule has 5 aromatic rings. The van der Waals surface area contributed by atoms with E-state index in [0.29, 0.717) is 23.7 Å². The normalized spacial score (nSPS) is 11.7. The van der Waals surface area contributed by atoms with Crippen molar-refractivity contribution in [3.8, 4) is 34.5 Å². The molecular formula is C32H28ClN3O2. The third-order valence-corrected chi connectivity index (χ3v) is 6.42. The highest BCUT2D eigenvalue weighted by Crippen LogP contribution is 2.27. The maximum atomic E-state index is 10.2. The van der Waals surface area contributed by atoms with Crippen LogP contribution in [0.4, 0.5) is 0 Å². The number of ether oxygens (including phenoxy) is 1. The summed E-state index contributed by atoms with van der Waals surface area (Å²) in [7, 11) is 0. The standard InChI is InChI=1S/C32H28ClN3O2/c1-2-3-7-29(37)18-15-26-21-32(24-9-12-25(33)13-10-24)36(35-26)28-16-19-30(20-17-28)38-22-27-14-11-23-6-4-5-8-31(23)34-27/h4-6,8-14,16-17,19-21,29,37H,2-3,7,22H2,1H3. The van der Waals surface area contributed by atoms with Gasteiger partial charge in [0.15, 0.2) is 0 Å². The highest BCUT2D eigenvalue weighted by atomic mass is 35.5. The molecule has 0 bridgehead atoms. The van der Waals surface area contributed by atoms with Gasteiger partial charge in [-0.05, 0) is 60.9 Å². The molecule has 0 spiro atoms. The van der Waals surface area contributed by atoms with Crippen molar-refractivity contribution < 1.29 is 9.84 Å². The summed E-state index contributed by atoms with van der Waals surface area (Å²) in [6, 6.07) is 29.4. The van der Waals surface area contributed by atoms with Crippen LogP contribution < -0.4 is 4.74 Å². The van der Waals surface area contributed by atoms with Crippen molar-refractivity contribution in [1.29, 1.82) is 0 Å². The zero-order valence-electron chi connectivity index (χ0n) is 21.1. The molecule has 0 aliphatic rings. The fraction of sp³-hybridized carbons (Fsp3) is 0.188. The van der Waals surface area contributed by atoms with Gasteiger partial charge in [0.1, 0.15) is 24.2 Å². The number of nitrogens with zero attached hydrogens (tertiary/aromatic N) is 3. The number of pyridine rings is 1. The van der Waals surface area contributed by atoms with Gasteiger partial charge < -0.3 is 9.84 Å². The Morgan fingerprint density at radius 1 is 0.974 bits per heavy atom. The lowest BCUT2D eigenvalue weighted by atomic mass is 10.1. The van der Waals surface area contributed by atoms with Gasteiger partial charge in [-0.3, -0.25) is 0 Å². The summed E-state index contributed by atoms with van der Waals surface area (Å²) in [5, 5.41) is 16.7. The molecule has 2 aromatic heterocycles. The van der Waals surface area contributed by atoms with Crippen molar-refractivity contribution in [3.05, 3.63) is 107 Å². The first-order valence-electron chi connectivity index (χ1n) is 12.7. The number of aromatic nitrogens is 3. The first kappa shape index (κ1) is 25.5. The summed E-state index contributed by atoms with van der Waals surface area (Å²) >= 11 is 6.12. The fourth-order valence-corrected chi connectivity index (χ4v) is 4.25. The van der Waals surface area contributed by atoms with Crippen LogP contribution in [0.25, 0.3) is 27.8 Å². The van der Waals surface area contributed by atoms with Crippen LogP contribution in [0.2, 0.25) is 5.02 Å². The van der Waals surface area contributed by atoms with E-state index in [-0.39, 0.29) is 0 Å². The Bertz CT molecular complexity index is 1580. The van der Waals surface area contributed by atoms with Gasteiger partial charge in [-0.25, -0.2) is 9.67 Å². The number of aliphatic hydroxyl groups is 1. The SMILES string of the molecule is CCCCC(O)C#Cc1cc(-c2ccc(Cl)cc2)n(-c2ccc(OCc3ccc4ccccc4n3)cc2)n1. The Morgan fingerprint density at radius 3 is 2.55 bits per heavy atom. The summed E-state index contributed by atoms with van der Waals surface area (Å²) < 4.78 is 7.85. The van der Waals surface area contributed by atoms with E-state index in [1.54, 1.807) is 0 Å². The second-order valence-corrected chi connectivity index (χ2v) is 9.48. The van der Waals surface area contributed by atoms with Crippen molar-refractivity contribution >= 4 is 22.5 Å². The van der Waals surface area contributed by atoms with Gasteiger partial charge in [-0.1, -0.05) is 73.7 Å². The molecule has 0 radical (unpaired) electrons. The number of aliphatic hydroxyl groups excluding tert-OH is 1. The molecule has 0 saturated heterocycles. The lowest BCUT2D eigenvalue weighted by molar-refractivity contribution is 0.218. The Kier molecular flexibility index (Phi) is 8.04. The number of rotatable bonds is 8. The Labute approximate surface area is 227 Å². The van der Waals surface area contributed by atoms with E-state index >= 15 is 0 Å². The van der Waals surface area contributed by atoms with E-state index in [0.717, 1.165) is 52.1 Å². The lowest BCUT2D eigenvalue weighted by Crippen LogP contribution is -2.02. The average Bonchev–Trinajstić information content (AvgIpc) is 3.38. The fourth-order valence-electron chi connectivity index (χ4n) is 4.12. The molecular weight excluding hydrogens is 494 g/mol. The van der Waals surface area contributed by atoms with Crippen molar-refractivity contribution in [2.24, 2.45) is 0 Å². The van der Waals surface area contributed by atoms with Crippen LogP contribution in [-0.4, -0.2) is 26.0 Å². The van der Waals surface area contributed by atoms with E-state index < -0.39 is 6.10 Å². The number of benzene rings is 3. The summed E-state index contributed by atoms with van der Waals surface area (Å²) in [4.78, 5) is 4.68. The van der Waals surface area contributed by atoms with Crippen LogP contribution in [0.3, 0.4) is 0 Å². The number of hydrogen-bond donors (Lipinski definition) is 1. The van der Waals surface area contributed by atoms with Crippen LogP contribution in [0, 0.1) is 11.8 Å². The van der Waals surface area contributed by atoms with Crippen molar-refractivity contribution in [2.75, 3.05) is 0 Å². The maximum absolute atomic E-state index is 10.2. The van der Waals surface area contributed by atoms with E-state index in [9.17, 15) is 5.11 Å². The summed E-state index contributed by atoms with van der Waals surface area (Å²) in [5.74, 6) is 6.70. The number of fused-ring (bicyclic) bond motifs is 1. The monoisotopic (exact) mass is 521 g/mol. The predicted octanol–water partition coefficient (Wildman–Crippen LogP) is 7.22. The lowest BCUT2D eigenvalue weighted by Gasteiger charge is -2.10. The van der Waals surface area contributed by atoms with E-state index in [2.05, 4.69) is 29.8 Å². The van der Waals surface area contributed by atoms with Gasteiger partial charge in [0.05, 0.1) is 22.6 Å². The molecule has 190 valence electrons. The third kappa shape index (κ3) is 6.23. The van der Waals surface area contributed by atoms with Gasteiger partial charge in [-0.2, -0.15) is 5.10 Å². The van der Waals surface area contributed by atoms with Crippen LogP contribution in [-0.2, 0) is 6.61 Å². The Hall–Kier alpha value is -4.11. The van der Waals surface area contributed by atoms with E-state index in [4.69, 9.17) is 21.4 Å². The van der Waals surface area contributed by atoms with Gasteiger partial charge in [0, 0.05) is 22.0 Å². The van der Waals surface area contributed by atoms with Crippen molar-refractivity contribution in [3.63, 3.8) is 0 Å². The minimum Gasteiger partial charge on any atom is -0.487 e. The molecule has 1 N–H and O–H groups in total. The Morgan fingerprint density at radius 2 is 1.76 bits per heavy atom. The average molecular weight is 522 g/mol. The van der Waals surface area contributed by atoms with Gasteiger partial charge >= 0.3 is 0 Å². The van der Waals surface area contributed by atoms with Gasteiger partial charge in [0.25, 0.3) is 0 Å². The van der Waals surface area contributed by atoms with E-state index in [1.807, 2.05) is 89.6 Å². The van der Waals surface area contributed by atoms with E-state index in [1.165, 1.54) is 0 Å². The van der Waals surface area contributed by atoms with Crippen LogP contribution in [0.1, 0.15) is 37.6 Å². The highest BCUT2D eigenvalue weighted by molar-refractivity contribution is 6.30. The molecule has 1 atom stereocenters. The molecule has 1 unspecified atom stereocenters. The molecule has 2 heterocycles. The Balaban J connectivity index is 1.37. The second-order valence-electron chi connectivity index (χ2n) is 9.04. The largest absolute Gasteiger partial charge is 0.487 e. The quantitative estimate of drug-likeness (QED) is 0.219. The molecule has 0 aliphatic heterocycles. The molecule has 0 fully saturated rings. The first-order valence-corrected chi connectivity index (χ1v) is 13.1. The molecule has 38 heavy (non-hydrogen) atoms. The zero-order chi connectivity index (χ0) is 26.3. The molecule has 0 aliphatic carbocycles. The van der Waals surface area contributed by atoms with Crippen molar-refractivity contribution in [1.82, 2.24) is 14.8 Å². The second kappa shape index (κ2) is 12.0. The van der Waals surface area contributed by atoms with Crippen molar-refractivity contribution in [2.45, 2.75) is 38.9 Å². The molecule has 5 nitrogen and oxygen atoms in total. The molecule has 3 aromatic carbocycles. The highest BCUT2D eigenvalue weighted by Gasteiger charge is 2.12. The maximum Gasteiger partial charge on any atom is 0.136 e. The molecule has 0 amide bonds. The van der Waals surface area contributed by atoms with Gasteiger partial charge in [-0.15, -0.1) is 0 Å². The number of para-hydroxylation sites is 1. The topological polar surface area (TPSA) is 60.2 Å². The molecule has 0 saturated carbocycles. The number of hydrogen-bond acceptors (Lipinski definition) is 4.